The van der Waals surface area contributed by atoms with E-state index in [1.54, 1.807) is 0 Å². The minimum Gasteiger partial charge on any atom is -0.361 e. The Kier molecular flexibility index (Phi) is 4.61. The zero-order valence-electron chi connectivity index (χ0n) is 12.0. The van der Waals surface area contributed by atoms with Crippen molar-refractivity contribution in [3.63, 3.8) is 0 Å². The third kappa shape index (κ3) is 3.37. The maximum atomic E-state index is 10.6. The molecule has 0 aliphatic heterocycles. The van der Waals surface area contributed by atoms with Gasteiger partial charge in [0, 0.05) is 23.5 Å². The maximum absolute atomic E-state index is 10.6. The molecule has 0 unspecified atom stereocenters. The van der Waals surface area contributed by atoms with Crippen LogP contribution in [0.15, 0.2) is 30.5 Å². The SMILES string of the molecule is CCC[N+](O)(CCC)CCc1c[nH]c2ccccc12. The Bertz CT molecular complexity index is 512. The van der Waals surface area contributed by atoms with Crippen LogP contribution < -0.4 is 0 Å². The monoisotopic (exact) mass is 261 g/mol. The first-order chi connectivity index (χ1) is 9.18. The number of quaternary nitrogens is 1. The minimum atomic E-state index is 0.201. The lowest BCUT2D eigenvalue weighted by Crippen LogP contribution is -2.47. The van der Waals surface area contributed by atoms with Gasteiger partial charge in [0.25, 0.3) is 0 Å². The predicted molar refractivity (Wildman–Crippen MR) is 79.2 cm³/mol. The van der Waals surface area contributed by atoms with Crippen molar-refractivity contribution in [1.29, 1.82) is 0 Å². The number of benzene rings is 1. The molecule has 3 nitrogen and oxygen atoms in total. The number of hydrogen-bond acceptors (Lipinski definition) is 1. The molecule has 0 atom stereocenters. The van der Waals surface area contributed by atoms with Gasteiger partial charge in [-0.25, -0.2) is 5.21 Å². The van der Waals surface area contributed by atoms with Crippen molar-refractivity contribution >= 4 is 10.9 Å². The molecule has 19 heavy (non-hydrogen) atoms. The molecular weight excluding hydrogens is 236 g/mol. The van der Waals surface area contributed by atoms with E-state index in [9.17, 15) is 5.21 Å². The normalized spacial score (nSPS) is 12.2. The summed E-state index contributed by atoms with van der Waals surface area (Å²) in [5.41, 5.74) is 2.49. The molecule has 1 heterocycles. The van der Waals surface area contributed by atoms with Gasteiger partial charge in [0.05, 0.1) is 0 Å². The highest BCUT2D eigenvalue weighted by atomic mass is 16.5. The number of para-hydroxylation sites is 1. The fourth-order valence-corrected chi connectivity index (χ4v) is 2.83. The molecule has 0 aliphatic rings. The van der Waals surface area contributed by atoms with E-state index >= 15 is 0 Å². The molecule has 104 valence electrons. The zero-order chi connectivity index (χ0) is 13.7. The van der Waals surface area contributed by atoms with Crippen molar-refractivity contribution in [3.05, 3.63) is 36.0 Å². The average molecular weight is 261 g/mol. The van der Waals surface area contributed by atoms with Gasteiger partial charge in [-0.3, -0.25) is 0 Å². The molecule has 2 N–H and O–H groups in total. The van der Waals surface area contributed by atoms with Gasteiger partial charge in [-0.15, -0.1) is 0 Å². The number of aromatic nitrogens is 1. The highest BCUT2D eigenvalue weighted by molar-refractivity contribution is 5.82. The van der Waals surface area contributed by atoms with E-state index in [-0.39, 0.29) is 4.65 Å². The molecular formula is C16H25N2O+. The van der Waals surface area contributed by atoms with Gasteiger partial charge in [-0.05, 0) is 24.5 Å². The topological polar surface area (TPSA) is 36.0 Å². The van der Waals surface area contributed by atoms with Gasteiger partial charge in [0.2, 0.25) is 0 Å². The fourth-order valence-electron chi connectivity index (χ4n) is 2.83. The summed E-state index contributed by atoms with van der Waals surface area (Å²) in [6, 6.07) is 8.35. The summed E-state index contributed by atoms with van der Waals surface area (Å²) in [4.78, 5) is 3.30. The van der Waals surface area contributed by atoms with E-state index in [1.807, 2.05) is 6.07 Å². The van der Waals surface area contributed by atoms with E-state index in [2.05, 4.69) is 43.2 Å². The molecule has 2 aromatic rings. The van der Waals surface area contributed by atoms with Crippen molar-refractivity contribution in [3.8, 4) is 0 Å². The zero-order valence-corrected chi connectivity index (χ0v) is 12.0. The molecule has 3 heteroatoms. The number of rotatable bonds is 7. The Morgan fingerprint density at radius 2 is 1.74 bits per heavy atom. The van der Waals surface area contributed by atoms with Crippen molar-refractivity contribution in [2.75, 3.05) is 19.6 Å². The standard InChI is InChI=1S/C16H25N2O/c1-3-10-18(19,11-4-2)12-9-14-13-17-16-8-6-5-7-15(14)16/h5-8,13,17,19H,3-4,9-12H2,1-2H3/q+1. The van der Waals surface area contributed by atoms with Crippen molar-refractivity contribution in [1.82, 2.24) is 4.98 Å². The van der Waals surface area contributed by atoms with Crippen LogP contribution in [-0.4, -0.2) is 34.5 Å². The first-order valence-corrected chi connectivity index (χ1v) is 7.32. The first-order valence-electron chi connectivity index (χ1n) is 7.32. The quantitative estimate of drug-likeness (QED) is 0.578. The molecule has 0 aliphatic carbocycles. The lowest BCUT2D eigenvalue weighted by atomic mass is 10.1. The van der Waals surface area contributed by atoms with Crippen LogP contribution >= 0.6 is 0 Å². The van der Waals surface area contributed by atoms with Crippen LogP contribution in [0.25, 0.3) is 10.9 Å². The molecule has 0 saturated carbocycles. The third-order valence-electron chi connectivity index (χ3n) is 3.75. The van der Waals surface area contributed by atoms with E-state index in [4.69, 9.17) is 0 Å². The Labute approximate surface area is 115 Å². The molecule has 0 saturated heterocycles. The number of nitrogens with zero attached hydrogens (tertiary/aromatic N) is 1. The summed E-state index contributed by atoms with van der Waals surface area (Å²) in [5.74, 6) is 0. The number of hydrogen-bond donors (Lipinski definition) is 2. The van der Waals surface area contributed by atoms with E-state index < -0.39 is 0 Å². The molecule has 0 radical (unpaired) electrons. The lowest BCUT2D eigenvalue weighted by Gasteiger charge is -2.29. The van der Waals surface area contributed by atoms with Crippen LogP contribution in [0.4, 0.5) is 0 Å². The summed E-state index contributed by atoms with van der Waals surface area (Å²) in [6.45, 7) is 6.74. The highest BCUT2D eigenvalue weighted by Crippen LogP contribution is 2.19. The summed E-state index contributed by atoms with van der Waals surface area (Å²) in [7, 11) is 0. The van der Waals surface area contributed by atoms with Crippen LogP contribution in [0.3, 0.4) is 0 Å². The van der Waals surface area contributed by atoms with Crippen LogP contribution in [0.1, 0.15) is 32.3 Å². The van der Waals surface area contributed by atoms with Gasteiger partial charge in [0.15, 0.2) is 0 Å². The molecule has 0 amide bonds. The average Bonchev–Trinajstić information content (AvgIpc) is 2.80. The summed E-state index contributed by atoms with van der Waals surface area (Å²) in [5, 5.41) is 11.9. The fraction of sp³-hybridized carbons (Fsp3) is 0.500. The Balaban J connectivity index is 2.08. The molecule has 0 spiro atoms. The first kappa shape index (κ1) is 14.1. The van der Waals surface area contributed by atoms with E-state index in [0.717, 1.165) is 38.9 Å². The van der Waals surface area contributed by atoms with Crippen molar-refractivity contribution < 1.29 is 9.85 Å². The number of H-pyrrole nitrogens is 1. The van der Waals surface area contributed by atoms with Crippen molar-refractivity contribution in [2.24, 2.45) is 0 Å². The molecule has 1 aromatic carbocycles. The number of fused-ring (bicyclic) bond motifs is 1. The lowest BCUT2D eigenvalue weighted by molar-refractivity contribution is -1.10. The van der Waals surface area contributed by atoms with Gasteiger partial charge < -0.3 is 4.98 Å². The van der Waals surface area contributed by atoms with Gasteiger partial charge in [0.1, 0.15) is 19.6 Å². The summed E-state index contributed by atoms with van der Waals surface area (Å²) in [6.07, 6.45) is 5.03. The van der Waals surface area contributed by atoms with Gasteiger partial charge in [-0.1, -0.05) is 32.0 Å². The summed E-state index contributed by atoms with van der Waals surface area (Å²) >= 11 is 0. The third-order valence-corrected chi connectivity index (χ3v) is 3.75. The van der Waals surface area contributed by atoms with Crippen LogP contribution in [0.2, 0.25) is 0 Å². The Morgan fingerprint density at radius 1 is 1.05 bits per heavy atom. The van der Waals surface area contributed by atoms with E-state index in [0.29, 0.717) is 0 Å². The second-order valence-electron chi connectivity index (χ2n) is 5.38. The molecule has 1 aromatic heterocycles. The van der Waals surface area contributed by atoms with E-state index in [1.165, 1.54) is 16.5 Å². The van der Waals surface area contributed by atoms with Crippen LogP contribution in [-0.2, 0) is 6.42 Å². The molecule has 0 fully saturated rings. The Hall–Kier alpha value is -1.32. The van der Waals surface area contributed by atoms with Crippen LogP contribution in [0.5, 0.6) is 0 Å². The van der Waals surface area contributed by atoms with Crippen molar-refractivity contribution in [2.45, 2.75) is 33.1 Å². The van der Waals surface area contributed by atoms with Crippen LogP contribution in [0, 0.1) is 0 Å². The molecule has 0 bridgehead atoms. The second kappa shape index (κ2) is 6.22. The molecule has 2 rings (SSSR count). The predicted octanol–water partition coefficient (Wildman–Crippen LogP) is 3.74. The number of hydroxylamine groups is 3. The number of aromatic amines is 1. The second-order valence-corrected chi connectivity index (χ2v) is 5.38. The highest BCUT2D eigenvalue weighted by Gasteiger charge is 2.23. The minimum absolute atomic E-state index is 0.201. The Morgan fingerprint density at radius 3 is 2.42 bits per heavy atom. The number of nitrogens with one attached hydrogen (secondary N) is 1. The largest absolute Gasteiger partial charge is 0.361 e. The maximum Gasteiger partial charge on any atom is 0.113 e. The summed E-state index contributed by atoms with van der Waals surface area (Å²) < 4.78 is 0.201. The van der Waals surface area contributed by atoms with Gasteiger partial charge in [-0.2, -0.15) is 4.65 Å². The smallest absolute Gasteiger partial charge is 0.113 e. The van der Waals surface area contributed by atoms with Gasteiger partial charge >= 0.3 is 0 Å².